The minimum absolute atomic E-state index is 0.389. The lowest BCUT2D eigenvalue weighted by Gasteiger charge is -2.35. The van der Waals surface area contributed by atoms with Crippen LogP contribution in [0.2, 0.25) is 0 Å². The largest absolute Gasteiger partial charge is 0.459 e. The lowest BCUT2D eigenvalue weighted by molar-refractivity contribution is -0.172. The van der Waals surface area contributed by atoms with Gasteiger partial charge in [-0.05, 0) is 45.4 Å². The summed E-state index contributed by atoms with van der Waals surface area (Å²) >= 11 is 1.54. The minimum atomic E-state index is -1.06. The molecule has 3 nitrogen and oxygen atoms in total. The average molecular weight is 359 g/mol. The van der Waals surface area contributed by atoms with Crippen molar-refractivity contribution in [1.29, 1.82) is 0 Å². The van der Waals surface area contributed by atoms with Gasteiger partial charge >= 0.3 is 5.97 Å². The molecule has 0 amide bonds. The van der Waals surface area contributed by atoms with Crippen LogP contribution in [0.15, 0.2) is 65.6 Å². The van der Waals surface area contributed by atoms with Gasteiger partial charge < -0.3 is 9.84 Å². The third kappa shape index (κ3) is 5.35. The third-order valence-corrected chi connectivity index (χ3v) is 5.22. The molecule has 0 saturated heterocycles. The fourth-order valence-electron chi connectivity index (χ4n) is 2.40. The van der Waals surface area contributed by atoms with Crippen LogP contribution < -0.4 is 0 Å². The Kier molecular flexibility index (Phi) is 6.31. The summed E-state index contributed by atoms with van der Waals surface area (Å²) in [5.41, 5.74) is -0.953. The molecule has 0 radical (unpaired) electrons. The average Bonchev–Trinajstić information content (AvgIpc) is 2.59. The Balaban J connectivity index is 2.28. The van der Waals surface area contributed by atoms with Gasteiger partial charge in [-0.15, -0.1) is 11.8 Å². The van der Waals surface area contributed by atoms with Crippen molar-refractivity contribution >= 4 is 17.7 Å². The molecule has 134 valence electrons. The number of thioether (sulfide) groups is 1. The SMILES string of the molecule is CC(C)(C)OC(=O)[C@](C)(CSc1ccccc1)[C@@H](O)c1ccccc1. The number of ether oxygens (including phenoxy) is 1. The molecule has 2 aromatic rings. The maximum Gasteiger partial charge on any atom is 0.316 e. The lowest BCUT2D eigenvalue weighted by atomic mass is 9.82. The summed E-state index contributed by atoms with van der Waals surface area (Å²) in [5, 5.41) is 11.0. The first-order valence-electron chi connectivity index (χ1n) is 8.37. The van der Waals surface area contributed by atoms with E-state index in [4.69, 9.17) is 4.74 Å². The molecule has 0 aliphatic heterocycles. The van der Waals surface area contributed by atoms with E-state index in [1.165, 1.54) is 0 Å². The second-order valence-corrected chi connectivity index (χ2v) is 8.38. The minimum Gasteiger partial charge on any atom is -0.459 e. The van der Waals surface area contributed by atoms with Gasteiger partial charge in [-0.1, -0.05) is 48.5 Å². The molecule has 0 aromatic heterocycles. The number of aliphatic hydroxyl groups excluding tert-OH is 1. The van der Waals surface area contributed by atoms with Crippen molar-refractivity contribution in [3.8, 4) is 0 Å². The van der Waals surface area contributed by atoms with Crippen LogP contribution in [0.25, 0.3) is 0 Å². The molecule has 0 bridgehead atoms. The Morgan fingerprint density at radius 3 is 2.04 bits per heavy atom. The van der Waals surface area contributed by atoms with Crippen molar-refractivity contribution in [2.75, 3.05) is 5.75 Å². The number of carbonyl (C=O) groups excluding carboxylic acids is 1. The first-order chi connectivity index (χ1) is 11.7. The number of carbonyl (C=O) groups is 1. The van der Waals surface area contributed by atoms with E-state index < -0.39 is 17.1 Å². The number of rotatable bonds is 6. The quantitative estimate of drug-likeness (QED) is 0.592. The van der Waals surface area contributed by atoms with Crippen LogP contribution in [0.4, 0.5) is 0 Å². The molecule has 0 heterocycles. The molecule has 2 atom stereocenters. The summed E-state index contributed by atoms with van der Waals surface area (Å²) in [6.07, 6.45) is -0.945. The van der Waals surface area contributed by atoms with Crippen molar-refractivity contribution in [2.24, 2.45) is 5.41 Å². The lowest BCUT2D eigenvalue weighted by Crippen LogP contribution is -2.42. The molecular weight excluding hydrogens is 332 g/mol. The van der Waals surface area contributed by atoms with Crippen molar-refractivity contribution in [1.82, 2.24) is 0 Å². The van der Waals surface area contributed by atoms with Crippen molar-refractivity contribution in [2.45, 2.75) is 44.3 Å². The highest BCUT2D eigenvalue weighted by molar-refractivity contribution is 7.99. The van der Waals surface area contributed by atoms with E-state index in [2.05, 4.69) is 0 Å². The van der Waals surface area contributed by atoms with Crippen LogP contribution in [0.3, 0.4) is 0 Å². The molecule has 2 aromatic carbocycles. The number of hydrogen-bond acceptors (Lipinski definition) is 4. The van der Waals surface area contributed by atoms with Crippen molar-refractivity contribution in [3.63, 3.8) is 0 Å². The van der Waals surface area contributed by atoms with Gasteiger partial charge in [0.1, 0.15) is 11.0 Å². The van der Waals surface area contributed by atoms with E-state index in [9.17, 15) is 9.90 Å². The van der Waals surface area contributed by atoms with Crippen LogP contribution in [-0.4, -0.2) is 22.4 Å². The second-order valence-electron chi connectivity index (χ2n) is 7.33. The molecule has 1 N–H and O–H groups in total. The van der Waals surface area contributed by atoms with Gasteiger partial charge in [0.25, 0.3) is 0 Å². The molecule has 4 heteroatoms. The van der Waals surface area contributed by atoms with Crippen LogP contribution >= 0.6 is 11.8 Å². The first-order valence-corrected chi connectivity index (χ1v) is 9.35. The third-order valence-electron chi connectivity index (χ3n) is 3.87. The molecule has 25 heavy (non-hydrogen) atoms. The molecule has 2 rings (SSSR count). The van der Waals surface area contributed by atoms with Gasteiger partial charge in [0.15, 0.2) is 0 Å². The van der Waals surface area contributed by atoms with Gasteiger partial charge in [-0.2, -0.15) is 0 Å². The van der Waals surface area contributed by atoms with Crippen LogP contribution in [0.5, 0.6) is 0 Å². The molecular formula is C21H26O3S. The van der Waals surface area contributed by atoms with E-state index in [1.54, 1.807) is 18.7 Å². The standard InChI is InChI=1S/C21H26O3S/c1-20(2,3)24-19(23)21(4,15-25-17-13-9-6-10-14-17)18(22)16-11-7-5-8-12-16/h5-14,18,22H,15H2,1-4H3/t18-,21+/m0/s1. The van der Waals surface area contributed by atoms with E-state index in [-0.39, 0.29) is 5.97 Å². The molecule has 0 aliphatic rings. The van der Waals surface area contributed by atoms with Crippen molar-refractivity contribution < 1.29 is 14.6 Å². The van der Waals surface area contributed by atoms with Gasteiger partial charge in [-0.25, -0.2) is 0 Å². The maximum absolute atomic E-state index is 12.9. The van der Waals surface area contributed by atoms with E-state index in [1.807, 2.05) is 81.4 Å². The highest BCUT2D eigenvalue weighted by Crippen LogP contribution is 2.40. The Morgan fingerprint density at radius 2 is 1.52 bits per heavy atom. The summed E-state index contributed by atoms with van der Waals surface area (Å²) in [6, 6.07) is 19.1. The normalized spacial score (nSPS) is 15.2. The Hall–Kier alpha value is -1.78. The maximum atomic E-state index is 12.9. The Morgan fingerprint density at radius 1 is 1.00 bits per heavy atom. The van der Waals surface area contributed by atoms with E-state index >= 15 is 0 Å². The zero-order valence-electron chi connectivity index (χ0n) is 15.2. The summed E-state index contributed by atoms with van der Waals surface area (Å²) < 4.78 is 5.62. The van der Waals surface area contributed by atoms with Gasteiger partial charge in [0, 0.05) is 10.6 Å². The fraction of sp³-hybridized carbons (Fsp3) is 0.381. The first kappa shape index (κ1) is 19.5. The van der Waals surface area contributed by atoms with Crippen molar-refractivity contribution in [3.05, 3.63) is 66.2 Å². The number of esters is 1. The zero-order chi connectivity index (χ0) is 18.5. The van der Waals surface area contributed by atoms with Crippen LogP contribution in [0.1, 0.15) is 39.4 Å². The smallest absolute Gasteiger partial charge is 0.316 e. The van der Waals surface area contributed by atoms with Gasteiger partial charge in [0.05, 0.1) is 6.10 Å². The summed E-state index contributed by atoms with van der Waals surface area (Å²) in [7, 11) is 0. The van der Waals surface area contributed by atoms with E-state index in [0.717, 1.165) is 4.90 Å². The van der Waals surface area contributed by atoms with Crippen LogP contribution in [0, 0.1) is 5.41 Å². The molecule has 0 spiro atoms. The zero-order valence-corrected chi connectivity index (χ0v) is 16.0. The fourth-order valence-corrected chi connectivity index (χ4v) is 3.49. The highest BCUT2D eigenvalue weighted by Gasteiger charge is 2.44. The number of hydrogen-bond donors (Lipinski definition) is 1. The molecule has 0 fully saturated rings. The number of benzene rings is 2. The Bertz CT molecular complexity index is 679. The summed E-state index contributed by atoms with van der Waals surface area (Å²) in [6.45, 7) is 7.29. The molecule has 0 saturated carbocycles. The van der Waals surface area contributed by atoms with Crippen LogP contribution in [-0.2, 0) is 9.53 Å². The Labute approximate surface area is 154 Å². The monoisotopic (exact) mass is 358 g/mol. The second kappa shape index (κ2) is 8.07. The van der Waals surface area contributed by atoms with E-state index in [0.29, 0.717) is 11.3 Å². The molecule has 0 aliphatic carbocycles. The number of aliphatic hydroxyl groups is 1. The highest BCUT2D eigenvalue weighted by atomic mass is 32.2. The summed E-state index contributed by atoms with van der Waals surface area (Å²) in [4.78, 5) is 14.0. The summed E-state index contributed by atoms with van der Waals surface area (Å²) in [5.74, 6) is 0.0295. The predicted molar refractivity (Wildman–Crippen MR) is 103 cm³/mol. The topological polar surface area (TPSA) is 46.5 Å². The van der Waals surface area contributed by atoms with Gasteiger partial charge in [-0.3, -0.25) is 4.79 Å². The molecule has 0 unspecified atom stereocenters. The van der Waals surface area contributed by atoms with Gasteiger partial charge in [0.2, 0.25) is 0 Å². The predicted octanol–water partition coefficient (Wildman–Crippen LogP) is 4.86.